The van der Waals surface area contributed by atoms with Gasteiger partial charge >= 0.3 is 0 Å². The molecule has 0 aliphatic heterocycles. The molecule has 106 valence electrons. The molecule has 0 bridgehead atoms. The highest BCUT2D eigenvalue weighted by atomic mass is 79.9. The Bertz CT molecular complexity index is 604. The van der Waals surface area contributed by atoms with Gasteiger partial charge in [-0.1, -0.05) is 6.92 Å². The van der Waals surface area contributed by atoms with Crippen LogP contribution in [0.2, 0.25) is 0 Å². The third-order valence-corrected chi connectivity index (χ3v) is 3.39. The Labute approximate surface area is 126 Å². The molecule has 2 rings (SSSR count). The number of halogens is 2. The van der Waals surface area contributed by atoms with Crippen LogP contribution in [0, 0.1) is 12.7 Å². The van der Waals surface area contributed by atoms with E-state index in [0.29, 0.717) is 16.1 Å². The second-order valence-corrected chi connectivity index (χ2v) is 5.28. The van der Waals surface area contributed by atoms with Crippen molar-refractivity contribution in [3.05, 3.63) is 51.9 Å². The summed E-state index contributed by atoms with van der Waals surface area (Å²) in [6.07, 6.45) is 1.78. The number of hydrogen-bond donors (Lipinski definition) is 1. The zero-order valence-electron chi connectivity index (χ0n) is 11.4. The molecule has 2 aromatic rings. The lowest BCUT2D eigenvalue weighted by Gasteiger charge is -2.10. The van der Waals surface area contributed by atoms with Crippen LogP contribution in [0.5, 0.6) is 11.6 Å². The SMILES string of the molecule is CCNCc1cnc(Oc2ccc(F)cc2Br)c(C)c1. The number of ether oxygens (including phenoxy) is 1. The van der Waals surface area contributed by atoms with Gasteiger partial charge in [-0.05, 0) is 59.2 Å². The molecule has 1 N–H and O–H groups in total. The van der Waals surface area contributed by atoms with Gasteiger partial charge in [0.2, 0.25) is 5.88 Å². The average molecular weight is 339 g/mol. The van der Waals surface area contributed by atoms with Crippen molar-refractivity contribution in [2.45, 2.75) is 20.4 Å². The second kappa shape index (κ2) is 6.81. The van der Waals surface area contributed by atoms with Crippen molar-refractivity contribution in [1.29, 1.82) is 0 Å². The molecule has 1 aromatic heterocycles. The molecular formula is C15H16BrFN2O. The number of hydrogen-bond acceptors (Lipinski definition) is 3. The Balaban J connectivity index is 2.17. The Morgan fingerprint density at radius 3 is 2.80 bits per heavy atom. The maximum absolute atomic E-state index is 13.0. The lowest BCUT2D eigenvalue weighted by atomic mass is 10.2. The van der Waals surface area contributed by atoms with E-state index in [4.69, 9.17) is 4.74 Å². The maximum atomic E-state index is 13.0. The predicted molar refractivity (Wildman–Crippen MR) is 80.5 cm³/mol. The van der Waals surface area contributed by atoms with Gasteiger partial charge in [0.15, 0.2) is 0 Å². The van der Waals surface area contributed by atoms with E-state index in [9.17, 15) is 4.39 Å². The van der Waals surface area contributed by atoms with Gasteiger partial charge in [0.1, 0.15) is 11.6 Å². The number of aryl methyl sites for hydroxylation is 1. The molecule has 0 spiro atoms. The number of pyridine rings is 1. The van der Waals surface area contributed by atoms with E-state index >= 15 is 0 Å². The quantitative estimate of drug-likeness (QED) is 0.887. The smallest absolute Gasteiger partial charge is 0.222 e. The summed E-state index contributed by atoms with van der Waals surface area (Å²) >= 11 is 3.28. The van der Waals surface area contributed by atoms with Gasteiger partial charge in [-0.25, -0.2) is 9.37 Å². The minimum atomic E-state index is -0.310. The highest BCUT2D eigenvalue weighted by molar-refractivity contribution is 9.10. The van der Waals surface area contributed by atoms with E-state index in [1.807, 2.05) is 13.0 Å². The van der Waals surface area contributed by atoms with Crippen LogP contribution in [0.25, 0.3) is 0 Å². The van der Waals surface area contributed by atoms with Crippen LogP contribution >= 0.6 is 15.9 Å². The summed E-state index contributed by atoms with van der Waals surface area (Å²) in [4.78, 5) is 4.31. The molecule has 0 aliphatic rings. The number of nitrogens with zero attached hydrogens (tertiary/aromatic N) is 1. The fourth-order valence-electron chi connectivity index (χ4n) is 1.76. The summed E-state index contributed by atoms with van der Waals surface area (Å²) < 4.78 is 19.3. The Morgan fingerprint density at radius 2 is 2.15 bits per heavy atom. The molecule has 0 amide bonds. The lowest BCUT2D eigenvalue weighted by Crippen LogP contribution is -2.12. The third kappa shape index (κ3) is 3.77. The van der Waals surface area contributed by atoms with E-state index < -0.39 is 0 Å². The molecule has 1 aromatic carbocycles. The first-order valence-electron chi connectivity index (χ1n) is 6.39. The van der Waals surface area contributed by atoms with Gasteiger partial charge in [-0.3, -0.25) is 0 Å². The topological polar surface area (TPSA) is 34.2 Å². The average Bonchev–Trinajstić information content (AvgIpc) is 2.42. The minimum Gasteiger partial charge on any atom is -0.438 e. The van der Waals surface area contributed by atoms with Crippen LogP contribution in [0.15, 0.2) is 34.9 Å². The van der Waals surface area contributed by atoms with Gasteiger partial charge in [0, 0.05) is 18.3 Å². The van der Waals surface area contributed by atoms with Gasteiger partial charge in [0.25, 0.3) is 0 Å². The maximum Gasteiger partial charge on any atom is 0.222 e. The molecule has 1 heterocycles. The van der Waals surface area contributed by atoms with Crippen molar-refractivity contribution >= 4 is 15.9 Å². The largest absolute Gasteiger partial charge is 0.438 e. The summed E-state index contributed by atoms with van der Waals surface area (Å²) in [6.45, 7) is 5.70. The number of benzene rings is 1. The Kier molecular flexibility index (Phi) is 5.09. The first-order chi connectivity index (χ1) is 9.60. The summed E-state index contributed by atoms with van der Waals surface area (Å²) in [5.74, 6) is 0.758. The fraction of sp³-hybridized carbons (Fsp3) is 0.267. The molecule has 0 unspecified atom stereocenters. The molecule has 3 nitrogen and oxygen atoms in total. The van der Waals surface area contributed by atoms with E-state index in [1.54, 1.807) is 12.3 Å². The summed E-state index contributed by atoms with van der Waals surface area (Å²) in [6, 6.07) is 6.33. The van der Waals surface area contributed by atoms with Gasteiger partial charge in [0.05, 0.1) is 4.47 Å². The van der Waals surface area contributed by atoms with Gasteiger partial charge < -0.3 is 10.1 Å². The van der Waals surface area contributed by atoms with Crippen molar-refractivity contribution in [3.8, 4) is 11.6 Å². The number of aromatic nitrogens is 1. The van der Waals surface area contributed by atoms with Crippen molar-refractivity contribution in [2.24, 2.45) is 0 Å². The highest BCUT2D eigenvalue weighted by Gasteiger charge is 2.08. The Hall–Kier alpha value is -1.46. The van der Waals surface area contributed by atoms with Crippen LogP contribution < -0.4 is 10.1 Å². The van der Waals surface area contributed by atoms with E-state index in [0.717, 1.165) is 24.2 Å². The van der Waals surface area contributed by atoms with Crippen LogP contribution in [0.4, 0.5) is 4.39 Å². The zero-order valence-corrected chi connectivity index (χ0v) is 13.0. The first-order valence-corrected chi connectivity index (χ1v) is 7.18. The van der Waals surface area contributed by atoms with E-state index in [2.05, 4.69) is 33.2 Å². The minimum absolute atomic E-state index is 0.310. The van der Waals surface area contributed by atoms with Crippen LogP contribution in [0.1, 0.15) is 18.1 Å². The van der Waals surface area contributed by atoms with E-state index in [1.165, 1.54) is 12.1 Å². The normalized spacial score (nSPS) is 10.6. The summed E-state index contributed by atoms with van der Waals surface area (Å²) in [5, 5.41) is 3.25. The molecule has 0 fully saturated rings. The molecule has 0 atom stereocenters. The van der Waals surface area contributed by atoms with E-state index in [-0.39, 0.29) is 5.82 Å². The van der Waals surface area contributed by atoms with Crippen molar-refractivity contribution < 1.29 is 9.13 Å². The van der Waals surface area contributed by atoms with Crippen LogP contribution in [-0.4, -0.2) is 11.5 Å². The summed E-state index contributed by atoms with van der Waals surface area (Å²) in [7, 11) is 0. The lowest BCUT2D eigenvalue weighted by molar-refractivity contribution is 0.453. The van der Waals surface area contributed by atoms with Crippen molar-refractivity contribution in [3.63, 3.8) is 0 Å². The molecule has 0 radical (unpaired) electrons. The Morgan fingerprint density at radius 1 is 1.35 bits per heavy atom. The molecule has 0 saturated heterocycles. The monoisotopic (exact) mass is 338 g/mol. The van der Waals surface area contributed by atoms with Crippen molar-refractivity contribution in [1.82, 2.24) is 10.3 Å². The fourth-order valence-corrected chi connectivity index (χ4v) is 2.19. The standard InChI is InChI=1S/C15H16BrFN2O/c1-3-18-8-11-6-10(2)15(19-9-11)20-14-5-4-12(17)7-13(14)16/h4-7,9,18H,3,8H2,1-2H3. The second-order valence-electron chi connectivity index (χ2n) is 4.42. The first kappa shape index (κ1) is 14.9. The van der Waals surface area contributed by atoms with Gasteiger partial charge in [-0.15, -0.1) is 0 Å². The molecular weight excluding hydrogens is 323 g/mol. The summed E-state index contributed by atoms with van der Waals surface area (Å²) in [5.41, 5.74) is 2.05. The zero-order chi connectivity index (χ0) is 14.5. The van der Waals surface area contributed by atoms with Gasteiger partial charge in [-0.2, -0.15) is 0 Å². The number of rotatable bonds is 5. The van der Waals surface area contributed by atoms with Crippen molar-refractivity contribution in [2.75, 3.05) is 6.54 Å². The predicted octanol–water partition coefficient (Wildman–Crippen LogP) is 4.19. The highest BCUT2D eigenvalue weighted by Crippen LogP contribution is 2.30. The molecule has 0 saturated carbocycles. The molecule has 5 heteroatoms. The third-order valence-electron chi connectivity index (χ3n) is 2.77. The molecule has 0 aliphatic carbocycles. The number of nitrogens with one attached hydrogen (secondary N) is 1. The van der Waals surface area contributed by atoms with Crippen LogP contribution in [0.3, 0.4) is 0 Å². The van der Waals surface area contributed by atoms with Crippen LogP contribution in [-0.2, 0) is 6.54 Å². The molecule has 20 heavy (non-hydrogen) atoms.